The maximum atomic E-state index is 12.5. The van der Waals surface area contributed by atoms with E-state index in [1.165, 1.54) is 20.1 Å². The van der Waals surface area contributed by atoms with Crippen molar-refractivity contribution in [2.75, 3.05) is 64.3 Å². The molecular weight excluding hydrogens is 360 g/mol. The van der Waals surface area contributed by atoms with Crippen LogP contribution in [0.1, 0.15) is 6.92 Å². The number of ether oxygens (including phenoxy) is 1. The summed E-state index contributed by atoms with van der Waals surface area (Å²) in [6.07, 6.45) is 0. The first kappa shape index (κ1) is 22.2. The molecule has 2 amide bonds. The van der Waals surface area contributed by atoms with E-state index in [1.807, 2.05) is 7.05 Å². The van der Waals surface area contributed by atoms with Crippen LogP contribution in [0.25, 0.3) is 0 Å². The normalized spacial score (nSPS) is 16.3. The standard InChI is InChI=1S/C17H26N4O4.ClH/c1-13(22)18-15-6-5-14(11-16(15)25-4)20(24)17(23)12-21(3)9-7-19(2)8-10-21;/h5-6,11,24H,7-10,12H2,1-4H3;1H. The van der Waals surface area contributed by atoms with Crippen LogP contribution in [0.5, 0.6) is 5.75 Å². The molecule has 0 atom stereocenters. The molecule has 146 valence electrons. The second-order valence-corrected chi connectivity index (χ2v) is 6.80. The van der Waals surface area contributed by atoms with E-state index in [-0.39, 0.29) is 30.8 Å². The quantitative estimate of drug-likeness (QED) is 0.340. The molecule has 1 aromatic carbocycles. The molecule has 9 heteroatoms. The predicted octanol–water partition coefficient (Wildman–Crippen LogP) is -2.23. The van der Waals surface area contributed by atoms with E-state index >= 15 is 0 Å². The number of halogens is 1. The van der Waals surface area contributed by atoms with Gasteiger partial charge in [-0.15, -0.1) is 0 Å². The van der Waals surface area contributed by atoms with Crippen molar-refractivity contribution >= 4 is 23.2 Å². The number of carbonyl (C=O) groups is 2. The zero-order valence-corrected chi connectivity index (χ0v) is 16.4. The van der Waals surface area contributed by atoms with Gasteiger partial charge in [0, 0.05) is 26.1 Å². The highest BCUT2D eigenvalue weighted by molar-refractivity contribution is 5.94. The van der Waals surface area contributed by atoms with Crippen LogP contribution in [0, 0.1) is 0 Å². The van der Waals surface area contributed by atoms with Gasteiger partial charge < -0.3 is 26.9 Å². The number of anilines is 2. The maximum Gasteiger partial charge on any atom is 0.305 e. The Kier molecular flexibility index (Phi) is 7.83. The Balaban J connectivity index is 0.00000338. The van der Waals surface area contributed by atoms with Gasteiger partial charge in [0.1, 0.15) is 5.75 Å². The van der Waals surface area contributed by atoms with Crippen LogP contribution in [0.15, 0.2) is 18.2 Å². The molecule has 0 aromatic heterocycles. The molecule has 1 heterocycles. The van der Waals surface area contributed by atoms with Crippen molar-refractivity contribution in [1.29, 1.82) is 0 Å². The molecule has 1 aromatic rings. The summed E-state index contributed by atoms with van der Waals surface area (Å²) in [5, 5.41) is 13.6. The lowest BCUT2D eigenvalue weighted by Crippen LogP contribution is -3.00. The lowest BCUT2D eigenvalue weighted by Gasteiger charge is -2.40. The van der Waals surface area contributed by atoms with Gasteiger partial charge in [-0.05, 0) is 19.2 Å². The van der Waals surface area contributed by atoms with Crippen LogP contribution in [-0.4, -0.2) is 80.3 Å². The van der Waals surface area contributed by atoms with Crippen LogP contribution in [0.2, 0.25) is 0 Å². The molecule has 0 aliphatic carbocycles. The highest BCUT2D eigenvalue weighted by Gasteiger charge is 2.32. The first-order valence-electron chi connectivity index (χ1n) is 8.23. The summed E-state index contributed by atoms with van der Waals surface area (Å²) in [7, 11) is 5.55. The average molecular weight is 387 g/mol. The van der Waals surface area contributed by atoms with Crippen LogP contribution in [-0.2, 0) is 9.59 Å². The number of rotatable bonds is 5. The monoisotopic (exact) mass is 386 g/mol. The summed E-state index contributed by atoms with van der Waals surface area (Å²) in [5.41, 5.74) is 0.786. The van der Waals surface area contributed by atoms with E-state index in [0.717, 1.165) is 26.2 Å². The van der Waals surface area contributed by atoms with Crippen LogP contribution < -0.4 is 27.5 Å². The molecule has 2 rings (SSSR count). The van der Waals surface area contributed by atoms with E-state index in [0.29, 0.717) is 26.7 Å². The Labute approximate surface area is 160 Å². The third-order valence-corrected chi connectivity index (χ3v) is 4.54. The highest BCUT2D eigenvalue weighted by atomic mass is 35.5. The van der Waals surface area contributed by atoms with Crippen LogP contribution >= 0.6 is 0 Å². The van der Waals surface area contributed by atoms with Crippen molar-refractivity contribution in [1.82, 2.24) is 4.90 Å². The third kappa shape index (κ3) is 5.57. The molecule has 1 aliphatic heterocycles. The van der Waals surface area contributed by atoms with E-state index in [2.05, 4.69) is 17.3 Å². The van der Waals surface area contributed by atoms with Crippen molar-refractivity contribution in [2.24, 2.45) is 0 Å². The van der Waals surface area contributed by atoms with Gasteiger partial charge in [0.25, 0.3) is 0 Å². The summed E-state index contributed by atoms with van der Waals surface area (Å²) in [6, 6.07) is 4.68. The number of hydrogen-bond acceptors (Lipinski definition) is 5. The van der Waals surface area contributed by atoms with Crippen molar-refractivity contribution in [2.45, 2.75) is 6.92 Å². The summed E-state index contributed by atoms with van der Waals surface area (Å²) >= 11 is 0. The van der Waals surface area contributed by atoms with Crippen LogP contribution in [0.3, 0.4) is 0 Å². The molecule has 0 radical (unpaired) electrons. The first-order valence-corrected chi connectivity index (χ1v) is 8.23. The maximum absolute atomic E-state index is 12.5. The molecule has 0 unspecified atom stereocenters. The summed E-state index contributed by atoms with van der Waals surface area (Å²) < 4.78 is 5.82. The zero-order chi connectivity index (χ0) is 18.6. The van der Waals surface area contributed by atoms with Gasteiger partial charge >= 0.3 is 5.91 Å². The fraction of sp³-hybridized carbons (Fsp3) is 0.529. The van der Waals surface area contributed by atoms with Gasteiger partial charge in [0.15, 0.2) is 6.54 Å². The minimum Gasteiger partial charge on any atom is -1.00 e. The molecule has 0 bridgehead atoms. The number of hydrogen-bond donors (Lipinski definition) is 2. The SMILES string of the molecule is COc1cc(N(O)C(=O)C[N+]2(C)CCN(C)CC2)ccc1NC(C)=O.[Cl-]. The Morgan fingerprint density at radius 3 is 2.50 bits per heavy atom. The van der Waals surface area contributed by atoms with E-state index in [4.69, 9.17) is 4.74 Å². The number of hydroxylamine groups is 1. The number of benzene rings is 1. The Hall–Kier alpha value is -1.87. The molecule has 2 N–H and O–H groups in total. The number of likely N-dealkylation sites (N-methyl/N-ethyl adjacent to an activating group) is 2. The van der Waals surface area contributed by atoms with Crippen molar-refractivity contribution in [3.05, 3.63) is 18.2 Å². The number of carbonyl (C=O) groups excluding carboxylic acids is 2. The van der Waals surface area contributed by atoms with Crippen molar-refractivity contribution < 1.29 is 36.4 Å². The predicted molar refractivity (Wildman–Crippen MR) is 94.9 cm³/mol. The first-order chi connectivity index (χ1) is 11.7. The second kappa shape index (κ2) is 9.18. The number of piperazine rings is 1. The van der Waals surface area contributed by atoms with E-state index < -0.39 is 0 Å². The van der Waals surface area contributed by atoms with E-state index in [1.54, 1.807) is 12.1 Å². The smallest absolute Gasteiger partial charge is 0.305 e. The summed E-state index contributed by atoms with van der Waals surface area (Å²) in [4.78, 5) is 25.9. The van der Waals surface area contributed by atoms with Gasteiger partial charge in [-0.3, -0.25) is 19.7 Å². The van der Waals surface area contributed by atoms with Gasteiger partial charge in [0.05, 0.1) is 38.6 Å². The lowest BCUT2D eigenvalue weighted by molar-refractivity contribution is -0.906. The molecule has 8 nitrogen and oxygen atoms in total. The molecule has 1 saturated heterocycles. The van der Waals surface area contributed by atoms with E-state index in [9.17, 15) is 14.8 Å². The molecular formula is C17H27ClN4O4. The van der Waals surface area contributed by atoms with Gasteiger partial charge in [-0.1, -0.05) is 0 Å². The van der Waals surface area contributed by atoms with Gasteiger partial charge in [-0.2, -0.15) is 5.06 Å². The molecule has 1 fully saturated rings. The topological polar surface area (TPSA) is 82.1 Å². The highest BCUT2D eigenvalue weighted by Crippen LogP contribution is 2.29. The van der Waals surface area contributed by atoms with Crippen molar-refractivity contribution in [3.63, 3.8) is 0 Å². The molecule has 1 aliphatic rings. The number of quaternary nitrogens is 1. The number of methoxy groups -OCH3 is 1. The fourth-order valence-corrected chi connectivity index (χ4v) is 2.85. The molecule has 0 saturated carbocycles. The minimum atomic E-state index is -0.374. The summed E-state index contributed by atoms with van der Waals surface area (Å²) in [5.74, 6) is -0.226. The fourth-order valence-electron chi connectivity index (χ4n) is 2.85. The Morgan fingerprint density at radius 2 is 1.96 bits per heavy atom. The summed E-state index contributed by atoms with van der Waals surface area (Å²) in [6.45, 7) is 5.19. The number of amides is 2. The number of nitrogens with zero attached hydrogens (tertiary/aromatic N) is 3. The largest absolute Gasteiger partial charge is 1.00 e. The van der Waals surface area contributed by atoms with Crippen molar-refractivity contribution in [3.8, 4) is 5.75 Å². The third-order valence-electron chi connectivity index (χ3n) is 4.54. The number of nitrogens with one attached hydrogen (secondary N) is 1. The second-order valence-electron chi connectivity index (χ2n) is 6.80. The molecule has 0 spiro atoms. The Bertz CT molecular complexity index is 648. The van der Waals surface area contributed by atoms with Gasteiger partial charge in [-0.25, -0.2) is 0 Å². The van der Waals surface area contributed by atoms with Gasteiger partial charge in [0.2, 0.25) is 5.91 Å². The minimum absolute atomic E-state index is 0. The van der Waals surface area contributed by atoms with Crippen LogP contribution in [0.4, 0.5) is 11.4 Å². The average Bonchev–Trinajstić information content (AvgIpc) is 2.57. The Morgan fingerprint density at radius 1 is 1.35 bits per heavy atom. The molecule has 26 heavy (non-hydrogen) atoms. The zero-order valence-electron chi connectivity index (χ0n) is 15.7. The lowest BCUT2D eigenvalue weighted by atomic mass is 10.2.